The number of hydrogen-bond acceptors (Lipinski definition) is 3. The van der Waals surface area contributed by atoms with Crippen molar-refractivity contribution in [1.82, 2.24) is 10.6 Å². The number of carbonyl (C=O) groups excluding carboxylic acids is 2. The molecule has 0 bridgehead atoms. The number of urea groups is 1. The highest BCUT2D eigenvalue weighted by Gasteiger charge is 2.66. The number of amides is 3. The van der Waals surface area contributed by atoms with E-state index in [0.29, 0.717) is 0 Å². The lowest BCUT2D eigenvalue weighted by Crippen LogP contribution is -2.56. The van der Waals surface area contributed by atoms with Gasteiger partial charge >= 0.3 is 6.03 Å². The Labute approximate surface area is 154 Å². The van der Waals surface area contributed by atoms with Gasteiger partial charge in [0.25, 0.3) is 5.91 Å². The second kappa shape index (κ2) is 5.56. The fraction of sp³-hybridized carbons (Fsp3) is 0.619. The predicted octanol–water partition coefficient (Wildman–Crippen LogP) is 3.15. The Morgan fingerprint density at radius 1 is 1.15 bits per heavy atom. The smallest absolute Gasteiger partial charge is 0.322 e. The standard InChI is InChI=1S/C21H28N2O3/c1-19(2,3)14-6-5-13-12-20(9-7-15(26-4)8-10-20)21(16(13)11-14)17(24)22-18(25)23-21/h5-6,11,15H,7-10,12H2,1-4H3,(H2,22,23,24,25). The summed E-state index contributed by atoms with van der Waals surface area (Å²) in [7, 11) is 1.75. The number of carbonyl (C=O) groups is 2. The fourth-order valence-corrected chi connectivity index (χ4v) is 5.28. The van der Waals surface area contributed by atoms with Gasteiger partial charge in [0, 0.05) is 12.5 Å². The van der Waals surface area contributed by atoms with Crippen LogP contribution < -0.4 is 10.6 Å². The molecular weight excluding hydrogens is 328 g/mol. The summed E-state index contributed by atoms with van der Waals surface area (Å²) in [6.07, 6.45) is 4.66. The number of imide groups is 1. The van der Waals surface area contributed by atoms with Crippen LogP contribution in [0, 0.1) is 5.41 Å². The highest BCUT2D eigenvalue weighted by atomic mass is 16.5. The molecule has 1 aliphatic heterocycles. The minimum Gasteiger partial charge on any atom is -0.381 e. The molecule has 4 rings (SSSR count). The van der Waals surface area contributed by atoms with Crippen molar-refractivity contribution >= 4 is 11.9 Å². The van der Waals surface area contributed by atoms with E-state index in [2.05, 4.69) is 49.6 Å². The van der Waals surface area contributed by atoms with Gasteiger partial charge in [0.2, 0.25) is 0 Å². The van der Waals surface area contributed by atoms with Gasteiger partial charge < -0.3 is 10.1 Å². The van der Waals surface area contributed by atoms with E-state index in [1.807, 2.05) is 0 Å². The highest BCUT2D eigenvalue weighted by molar-refractivity contribution is 6.08. The van der Waals surface area contributed by atoms with Gasteiger partial charge in [-0.25, -0.2) is 4.79 Å². The summed E-state index contributed by atoms with van der Waals surface area (Å²) in [5, 5.41) is 5.59. The van der Waals surface area contributed by atoms with Crippen LogP contribution >= 0.6 is 0 Å². The minimum absolute atomic E-state index is 0.0151. The third-order valence-corrected chi connectivity index (χ3v) is 6.80. The molecule has 2 aliphatic carbocycles. The van der Waals surface area contributed by atoms with Gasteiger partial charge in [-0.15, -0.1) is 0 Å². The van der Waals surface area contributed by atoms with Crippen LogP contribution in [0.25, 0.3) is 0 Å². The molecular formula is C21H28N2O3. The van der Waals surface area contributed by atoms with E-state index in [4.69, 9.17) is 4.74 Å². The first-order valence-corrected chi connectivity index (χ1v) is 9.52. The molecule has 2 N–H and O–H groups in total. The first-order chi connectivity index (χ1) is 12.2. The lowest BCUT2D eigenvalue weighted by atomic mass is 9.61. The highest BCUT2D eigenvalue weighted by Crippen LogP contribution is 2.59. The van der Waals surface area contributed by atoms with Crippen molar-refractivity contribution in [3.05, 3.63) is 34.9 Å². The van der Waals surface area contributed by atoms with Crippen LogP contribution in [0.15, 0.2) is 18.2 Å². The summed E-state index contributed by atoms with van der Waals surface area (Å²) in [6, 6.07) is 6.10. The summed E-state index contributed by atoms with van der Waals surface area (Å²) < 4.78 is 5.55. The lowest BCUT2D eigenvalue weighted by molar-refractivity contribution is -0.131. The van der Waals surface area contributed by atoms with E-state index >= 15 is 0 Å². The number of hydrogen-bond donors (Lipinski definition) is 2. The topological polar surface area (TPSA) is 67.4 Å². The molecule has 26 heavy (non-hydrogen) atoms. The van der Waals surface area contributed by atoms with Gasteiger partial charge in [-0.3, -0.25) is 10.1 Å². The van der Waals surface area contributed by atoms with Gasteiger partial charge in [-0.05, 0) is 54.2 Å². The van der Waals surface area contributed by atoms with Crippen molar-refractivity contribution < 1.29 is 14.3 Å². The first kappa shape index (κ1) is 17.5. The van der Waals surface area contributed by atoms with Crippen LogP contribution in [0.4, 0.5) is 4.79 Å². The fourth-order valence-electron chi connectivity index (χ4n) is 5.28. The maximum atomic E-state index is 13.1. The molecule has 1 aromatic carbocycles. The molecule has 3 aliphatic rings. The summed E-state index contributed by atoms with van der Waals surface area (Å²) in [5.74, 6) is -0.192. The number of fused-ring (bicyclic) bond motifs is 3. The predicted molar refractivity (Wildman–Crippen MR) is 98.9 cm³/mol. The molecule has 1 saturated heterocycles. The summed E-state index contributed by atoms with van der Waals surface area (Å²) in [4.78, 5) is 25.3. The van der Waals surface area contributed by atoms with Crippen molar-refractivity contribution in [2.45, 2.75) is 69.9 Å². The zero-order valence-electron chi connectivity index (χ0n) is 16.1. The third kappa shape index (κ3) is 2.26. The largest absolute Gasteiger partial charge is 0.381 e. The van der Waals surface area contributed by atoms with E-state index < -0.39 is 5.54 Å². The molecule has 2 fully saturated rings. The van der Waals surface area contributed by atoms with Gasteiger partial charge in [0.1, 0.15) is 0 Å². The first-order valence-electron chi connectivity index (χ1n) is 9.52. The molecule has 2 spiro atoms. The quantitative estimate of drug-likeness (QED) is 0.760. The van der Waals surface area contributed by atoms with Crippen LogP contribution in [0.5, 0.6) is 0 Å². The molecule has 0 aromatic heterocycles. The number of benzene rings is 1. The molecule has 1 heterocycles. The molecule has 1 saturated carbocycles. The van der Waals surface area contributed by atoms with Crippen LogP contribution in [0.3, 0.4) is 0 Å². The van der Waals surface area contributed by atoms with Crippen LogP contribution in [0.1, 0.15) is 63.1 Å². The SMILES string of the molecule is COC1CCC2(CC1)Cc1ccc(C(C)(C)C)cc1C21NC(=O)NC1=O. The van der Waals surface area contributed by atoms with Crippen molar-refractivity contribution in [1.29, 1.82) is 0 Å². The molecule has 0 radical (unpaired) electrons. The number of ether oxygens (including phenoxy) is 1. The number of methoxy groups -OCH3 is 1. The molecule has 3 amide bonds. The summed E-state index contributed by atoms with van der Waals surface area (Å²) in [6.45, 7) is 6.51. The van der Waals surface area contributed by atoms with Crippen molar-refractivity contribution in [2.24, 2.45) is 5.41 Å². The monoisotopic (exact) mass is 356 g/mol. The van der Waals surface area contributed by atoms with Crippen molar-refractivity contribution in [2.75, 3.05) is 7.11 Å². The lowest BCUT2D eigenvalue weighted by Gasteiger charge is -2.46. The van der Waals surface area contributed by atoms with Gasteiger partial charge in [0.15, 0.2) is 5.54 Å². The zero-order valence-corrected chi connectivity index (χ0v) is 16.1. The average Bonchev–Trinajstić information content (AvgIpc) is 3.03. The van der Waals surface area contributed by atoms with E-state index in [-0.39, 0.29) is 28.9 Å². The van der Waals surface area contributed by atoms with Crippen LogP contribution in [-0.2, 0) is 26.9 Å². The van der Waals surface area contributed by atoms with E-state index in [1.165, 1.54) is 11.1 Å². The van der Waals surface area contributed by atoms with Gasteiger partial charge in [-0.2, -0.15) is 0 Å². The molecule has 5 heteroatoms. The average molecular weight is 356 g/mol. The number of rotatable bonds is 1. The van der Waals surface area contributed by atoms with Gasteiger partial charge in [0.05, 0.1) is 6.10 Å². The normalized spacial score (nSPS) is 33.5. The molecule has 140 valence electrons. The Balaban J connectivity index is 1.86. The van der Waals surface area contributed by atoms with Crippen LogP contribution in [0.2, 0.25) is 0 Å². The minimum atomic E-state index is -0.945. The molecule has 5 nitrogen and oxygen atoms in total. The maximum Gasteiger partial charge on any atom is 0.322 e. The Bertz CT molecular complexity index is 772. The molecule has 1 aromatic rings. The Morgan fingerprint density at radius 3 is 2.38 bits per heavy atom. The summed E-state index contributed by atoms with van der Waals surface area (Å²) >= 11 is 0. The van der Waals surface area contributed by atoms with E-state index in [0.717, 1.165) is 37.7 Å². The van der Waals surface area contributed by atoms with E-state index in [9.17, 15) is 9.59 Å². The maximum absolute atomic E-state index is 13.1. The molecule has 1 unspecified atom stereocenters. The zero-order chi connectivity index (χ0) is 18.7. The summed E-state index contributed by atoms with van der Waals surface area (Å²) in [5.41, 5.74) is 2.14. The van der Waals surface area contributed by atoms with Crippen molar-refractivity contribution in [3.8, 4) is 0 Å². The van der Waals surface area contributed by atoms with Crippen LogP contribution in [-0.4, -0.2) is 25.2 Å². The van der Waals surface area contributed by atoms with Crippen molar-refractivity contribution in [3.63, 3.8) is 0 Å². The second-order valence-electron chi connectivity index (χ2n) is 9.17. The Kier molecular flexibility index (Phi) is 3.75. The Morgan fingerprint density at radius 2 is 1.85 bits per heavy atom. The third-order valence-electron chi connectivity index (χ3n) is 6.80. The Hall–Kier alpha value is -1.88. The molecule has 1 atom stereocenters. The second-order valence-corrected chi connectivity index (χ2v) is 9.17. The van der Waals surface area contributed by atoms with Gasteiger partial charge in [-0.1, -0.05) is 39.0 Å². The number of nitrogens with one attached hydrogen (secondary N) is 2. The van der Waals surface area contributed by atoms with E-state index in [1.54, 1.807) is 7.11 Å².